The molecule has 0 atom stereocenters. The predicted molar refractivity (Wildman–Crippen MR) is 192 cm³/mol. The third-order valence-electron chi connectivity index (χ3n) is 10.9. The van der Waals surface area contributed by atoms with Crippen LogP contribution >= 0.6 is 0 Å². The van der Waals surface area contributed by atoms with Crippen LogP contribution in [0.25, 0.3) is 22.3 Å². The van der Waals surface area contributed by atoms with Crippen LogP contribution in [-0.2, 0) is 0 Å². The molecule has 45 heavy (non-hydrogen) atoms. The predicted octanol–water partition coefficient (Wildman–Crippen LogP) is 7.86. The first-order chi connectivity index (χ1) is 22.3. The van der Waals surface area contributed by atoms with Crippen LogP contribution in [0.15, 0.2) is 170 Å². The monoisotopic (exact) mass is 588 g/mol. The van der Waals surface area contributed by atoms with Gasteiger partial charge in [-0.25, -0.2) is 0 Å². The molecule has 0 amide bonds. The maximum absolute atomic E-state index is 2.55. The van der Waals surface area contributed by atoms with E-state index in [9.17, 15) is 0 Å². The third-order valence-corrected chi connectivity index (χ3v) is 15.9. The van der Waals surface area contributed by atoms with Crippen LogP contribution in [0.4, 0.5) is 0 Å². The highest BCUT2D eigenvalue weighted by Gasteiger charge is 2.54. The van der Waals surface area contributed by atoms with Gasteiger partial charge in [0.15, 0.2) is 8.07 Å². The molecule has 212 valence electrons. The minimum Gasteiger partial charge on any atom is -0.0732 e. The highest BCUT2D eigenvalue weighted by molar-refractivity contribution is 7.24. The Morgan fingerprint density at radius 3 is 0.733 bits per heavy atom. The van der Waals surface area contributed by atoms with Gasteiger partial charge >= 0.3 is 0 Å². The second-order valence-electron chi connectivity index (χ2n) is 13.2. The van der Waals surface area contributed by atoms with Crippen molar-refractivity contribution in [1.82, 2.24) is 0 Å². The van der Waals surface area contributed by atoms with Crippen LogP contribution in [0.5, 0.6) is 0 Å². The molecule has 0 bridgehead atoms. The van der Waals surface area contributed by atoms with E-state index in [4.69, 9.17) is 0 Å². The molecule has 0 unspecified atom stereocenters. The summed E-state index contributed by atoms with van der Waals surface area (Å²) in [5.74, 6) is 1.37. The van der Waals surface area contributed by atoms with Gasteiger partial charge in [-0.2, -0.15) is 0 Å². The van der Waals surface area contributed by atoms with Crippen molar-refractivity contribution in [2.24, 2.45) is 0 Å². The first kappa shape index (κ1) is 25.4. The lowest BCUT2D eigenvalue weighted by Crippen LogP contribution is -2.70. The minimum atomic E-state index is -2.55. The van der Waals surface area contributed by atoms with E-state index in [2.05, 4.69) is 170 Å². The van der Waals surface area contributed by atoms with Gasteiger partial charge in [-0.15, -0.1) is 0 Å². The van der Waals surface area contributed by atoms with E-state index in [1.807, 2.05) is 0 Å². The van der Waals surface area contributed by atoms with Crippen molar-refractivity contribution < 1.29 is 0 Å². The first-order valence-corrected chi connectivity index (χ1v) is 18.3. The second-order valence-corrected chi connectivity index (χ2v) is 16.8. The largest absolute Gasteiger partial charge is 0.182 e. The molecule has 0 aromatic heterocycles. The lowest BCUT2D eigenvalue weighted by molar-refractivity contribution is 1.10. The van der Waals surface area contributed by atoms with E-state index in [0.717, 1.165) is 0 Å². The summed E-state index contributed by atoms with van der Waals surface area (Å²) in [4.78, 5) is 0. The number of fused-ring (bicyclic) bond motifs is 10. The normalized spacial score (nSPS) is 19.6. The van der Waals surface area contributed by atoms with Gasteiger partial charge in [0.2, 0.25) is 0 Å². The number of benzene rings is 4. The number of rotatable bonds is 4. The highest BCUT2D eigenvalue weighted by atomic mass is 28.3. The summed E-state index contributed by atoms with van der Waals surface area (Å²) >= 11 is 0. The maximum Gasteiger partial charge on any atom is 0.182 e. The molecule has 0 nitrogen and oxygen atoms in total. The molecule has 10 rings (SSSR count). The fourth-order valence-corrected chi connectivity index (χ4v) is 14.3. The fourth-order valence-electron chi connectivity index (χ4n) is 8.76. The smallest absolute Gasteiger partial charge is 0.0732 e. The lowest BCUT2D eigenvalue weighted by Gasteiger charge is -2.28. The summed E-state index contributed by atoms with van der Waals surface area (Å²) in [6.45, 7) is 0. The van der Waals surface area contributed by atoms with Crippen molar-refractivity contribution in [3.8, 4) is 22.3 Å². The molecule has 1 heteroatoms. The lowest BCUT2D eigenvalue weighted by atomic mass is 9.93. The summed E-state index contributed by atoms with van der Waals surface area (Å²) in [7, 11) is -2.55. The molecule has 0 saturated carbocycles. The molecule has 2 aliphatic heterocycles. The van der Waals surface area contributed by atoms with Gasteiger partial charge in [-0.1, -0.05) is 170 Å². The van der Waals surface area contributed by atoms with Crippen LogP contribution in [0, 0.1) is 0 Å². The summed E-state index contributed by atoms with van der Waals surface area (Å²) in [6, 6.07) is 29.8. The molecule has 0 fully saturated rings. The Balaban J connectivity index is 1.26. The standard InChI is InChI=1S/C44H32Si/c1-2-10-29(9-1)33-17-21-41-37(25-33)38-26-34(30-11-3-4-12-30)18-22-42(38)45(41)43-23-19-35(31-13-5-6-14-31)27-39(43)40-28-36(20-24-44(40)45)32-15-7-8-16-32/h1-32H. The quantitative estimate of drug-likeness (QED) is 0.184. The van der Waals surface area contributed by atoms with E-state index in [1.54, 1.807) is 20.7 Å². The number of hydrogen-bond donors (Lipinski definition) is 0. The number of hydrogen-bond acceptors (Lipinski definition) is 0. The SMILES string of the molecule is C1=CC(c2ccc3c(c2)-c2cc(C4C=CC=C4)ccc2[Si]32c3ccc(C4C=CC=C4)cc3-c3cc(C4C=CC=C4)ccc32)C=C1. The molecule has 4 aromatic rings. The minimum absolute atomic E-state index is 0.342. The Labute approximate surface area is 266 Å². The topological polar surface area (TPSA) is 0 Å². The maximum atomic E-state index is 2.52. The first-order valence-electron chi connectivity index (χ1n) is 16.3. The Morgan fingerprint density at radius 2 is 0.511 bits per heavy atom. The van der Waals surface area contributed by atoms with Crippen molar-refractivity contribution in [2.75, 3.05) is 0 Å². The Kier molecular flexibility index (Phi) is 5.36. The summed E-state index contributed by atoms with van der Waals surface area (Å²) in [5.41, 5.74) is 11.3. The summed E-state index contributed by atoms with van der Waals surface area (Å²) < 4.78 is 0. The molecule has 4 aliphatic carbocycles. The van der Waals surface area contributed by atoms with E-state index in [1.165, 1.54) is 44.5 Å². The van der Waals surface area contributed by atoms with Crippen LogP contribution in [-0.4, -0.2) is 8.07 Å². The van der Waals surface area contributed by atoms with Gasteiger partial charge in [0.25, 0.3) is 0 Å². The Morgan fingerprint density at radius 1 is 0.289 bits per heavy atom. The van der Waals surface area contributed by atoms with Gasteiger partial charge in [0.1, 0.15) is 0 Å². The second kappa shape index (κ2) is 9.51. The van der Waals surface area contributed by atoms with Crippen molar-refractivity contribution in [3.05, 3.63) is 192 Å². The van der Waals surface area contributed by atoms with E-state index in [-0.39, 0.29) is 0 Å². The van der Waals surface area contributed by atoms with E-state index in [0.29, 0.717) is 23.7 Å². The van der Waals surface area contributed by atoms with Crippen LogP contribution < -0.4 is 20.7 Å². The molecule has 0 radical (unpaired) electrons. The zero-order valence-corrected chi connectivity index (χ0v) is 26.0. The van der Waals surface area contributed by atoms with Gasteiger partial charge in [0.05, 0.1) is 0 Å². The number of allylic oxidation sites excluding steroid dienone is 16. The van der Waals surface area contributed by atoms with Gasteiger partial charge in [-0.3, -0.25) is 0 Å². The molecule has 1 spiro atoms. The summed E-state index contributed by atoms with van der Waals surface area (Å²) in [5, 5.41) is 6.18. The Bertz CT molecular complexity index is 1830. The molecular weight excluding hydrogens is 557 g/mol. The molecule has 0 saturated heterocycles. The van der Waals surface area contributed by atoms with E-state index < -0.39 is 8.07 Å². The van der Waals surface area contributed by atoms with Crippen LogP contribution in [0.2, 0.25) is 0 Å². The average molecular weight is 589 g/mol. The van der Waals surface area contributed by atoms with Crippen molar-refractivity contribution >= 4 is 28.8 Å². The van der Waals surface area contributed by atoms with Crippen LogP contribution in [0.3, 0.4) is 0 Å². The van der Waals surface area contributed by atoms with Crippen molar-refractivity contribution in [3.63, 3.8) is 0 Å². The highest BCUT2D eigenvalue weighted by Crippen LogP contribution is 2.41. The fraction of sp³-hybridized carbons (Fsp3) is 0.0909. The van der Waals surface area contributed by atoms with Gasteiger partial charge in [-0.05, 0) is 65.3 Å². The average Bonchev–Trinajstić information content (AvgIpc) is 3.94. The van der Waals surface area contributed by atoms with Gasteiger partial charge < -0.3 is 0 Å². The molecule has 0 N–H and O–H groups in total. The van der Waals surface area contributed by atoms with Gasteiger partial charge in [0, 0.05) is 23.7 Å². The van der Waals surface area contributed by atoms with Crippen LogP contribution in [0.1, 0.15) is 45.9 Å². The molecule has 2 heterocycles. The Hall–Kier alpha value is -4.98. The zero-order chi connectivity index (χ0) is 29.5. The molecule has 6 aliphatic rings. The molecule has 4 aromatic carbocycles. The van der Waals surface area contributed by atoms with Crippen molar-refractivity contribution in [2.45, 2.75) is 23.7 Å². The molecular formula is C44H32Si. The van der Waals surface area contributed by atoms with Crippen molar-refractivity contribution in [1.29, 1.82) is 0 Å². The summed E-state index contributed by atoms with van der Waals surface area (Å²) in [6.07, 6.45) is 36.0. The zero-order valence-electron chi connectivity index (χ0n) is 25.0. The third kappa shape index (κ3) is 3.53. The van der Waals surface area contributed by atoms with E-state index >= 15 is 0 Å².